The summed E-state index contributed by atoms with van der Waals surface area (Å²) in [6.07, 6.45) is 3.01. The lowest BCUT2D eigenvalue weighted by Gasteiger charge is -2.12. The number of benzene rings is 1. The minimum Gasteiger partial charge on any atom is -0.384 e. The molecule has 0 saturated heterocycles. The van der Waals surface area contributed by atoms with E-state index in [-0.39, 0.29) is 0 Å². The number of aliphatic hydroxyl groups is 1. The van der Waals surface area contributed by atoms with Gasteiger partial charge >= 0.3 is 0 Å². The maximum atomic E-state index is 10.3. The van der Waals surface area contributed by atoms with Crippen LogP contribution in [0.25, 0.3) is 0 Å². The SMILES string of the molecule is CCCc1cccc(C(O)c2cnn(C)c2N)c1. The Balaban J connectivity index is 2.30. The van der Waals surface area contributed by atoms with Gasteiger partial charge in [0.25, 0.3) is 0 Å². The smallest absolute Gasteiger partial charge is 0.127 e. The van der Waals surface area contributed by atoms with Crippen molar-refractivity contribution >= 4 is 5.82 Å². The van der Waals surface area contributed by atoms with Crippen LogP contribution in [0.15, 0.2) is 30.5 Å². The summed E-state index contributed by atoms with van der Waals surface area (Å²) in [6, 6.07) is 7.99. The van der Waals surface area contributed by atoms with E-state index in [2.05, 4.69) is 18.1 Å². The van der Waals surface area contributed by atoms with Crippen molar-refractivity contribution in [1.29, 1.82) is 0 Å². The van der Waals surface area contributed by atoms with Crippen LogP contribution in [0.5, 0.6) is 0 Å². The van der Waals surface area contributed by atoms with Gasteiger partial charge in [-0.2, -0.15) is 5.10 Å². The van der Waals surface area contributed by atoms with Gasteiger partial charge in [-0.3, -0.25) is 4.68 Å². The molecule has 4 heteroatoms. The molecule has 0 aliphatic carbocycles. The quantitative estimate of drug-likeness (QED) is 0.866. The monoisotopic (exact) mass is 245 g/mol. The van der Waals surface area contributed by atoms with E-state index in [1.54, 1.807) is 17.9 Å². The molecular weight excluding hydrogens is 226 g/mol. The third kappa shape index (κ3) is 2.38. The molecule has 1 unspecified atom stereocenters. The second-order valence-corrected chi connectivity index (χ2v) is 4.51. The topological polar surface area (TPSA) is 64.1 Å². The molecule has 96 valence electrons. The largest absolute Gasteiger partial charge is 0.384 e. The highest BCUT2D eigenvalue weighted by molar-refractivity contribution is 5.44. The summed E-state index contributed by atoms with van der Waals surface area (Å²) >= 11 is 0. The van der Waals surface area contributed by atoms with Crippen molar-refractivity contribution in [3.05, 3.63) is 47.2 Å². The predicted octanol–water partition coefficient (Wildman–Crippen LogP) is 2.04. The normalized spacial score (nSPS) is 12.6. The zero-order chi connectivity index (χ0) is 13.1. The number of nitrogens with two attached hydrogens (primary N) is 1. The van der Waals surface area contributed by atoms with E-state index in [4.69, 9.17) is 5.73 Å². The summed E-state index contributed by atoms with van der Waals surface area (Å²) in [5.74, 6) is 0.503. The van der Waals surface area contributed by atoms with E-state index in [1.165, 1.54) is 5.56 Å². The Kier molecular flexibility index (Phi) is 3.67. The van der Waals surface area contributed by atoms with Crippen molar-refractivity contribution in [3.63, 3.8) is 0 Å². The number of hydrogen-bond donors (Lipinski definition) is 2. The lowest BCUT2D eigenvalue weighted by atomic mass is 10.00. The van der Waals surface area contributed by atoms with Gasteiger partial charge in [0.1, 0.15) is 11.9 Å². The van der Waals surface area contributed by atoms with Gasteiger partial charge in [-0.05, 0) is 17.5 Å². The van der Waals surface area contributed by atoms with Crippen molar-refractivity contribution < 1.29 is 5.11 Å². The van der Waals surface area contributed by atoms with Gasteiger partial charge in [0.15, 0.2) is 0 Å². The Bertz CT molecular complexity index is 534. The fourth-order valence-corrected chi connectivity index (χ4v) is 2.06. The molecule has 1 aromatic carbocycles. The van der Waals surface area contributed by atoms with Crippen LogP contribution < -0.4 is 5.73 Å². The molecule has 1 atom stereocenters. The van der Waals surface area contributed by atoms with Crippen LogP contribution in [-0.4, -0.2) is 14.9 Å². The molecule has 0 aliphatic rings. The predicted molar refractivity (Wildman–Crippen MR) is 72.1 cm³/mol. The van der Waals surface area contributed by atoms with Gasteiger partial charge in [0, 0.05) is 12.6 Å². The van der Waals surface area contributed by atoms with Crippen LogP contribution in [-0.2, 0) is 13.5 Å². The van der Waals surface area contributed by atoms with Crippen molar-refractivity contribution in [2.24, 2.45) is 7.05 Å². The van der Waals surface area contributed by atoms with Crippen LogP contribution >= 0.6 is 0 Å². The molecule has 0 saturated carbocycles. The van der Waals surface area contributed by atoms with Gasteiger partial charge in [-0.1, -0.05) is 37.6 Å². The van der Waals surface area contributed by atoms with E-state index in [0.29, 0.717) is 11.4 Å². The minimum absolute atomic E-state index is 0.503. The molecule has 0 bridgehead atoms. The molecule has 2 aromatic rings. The van der Waals surface area contributed by atoms with Crippen molar-refractivity contribution in [1.82, 2.24) is 9.78 Å². The summed E-state index contributed by atoms with van der Waals surface area (Å²) in [5.41, 5.74) is 8.63. The van der Waals surface area contributed by atoms with E-state index in [1.807, 2.05) is 18.2 Å². The Morgan fingerprint density at radius 1 is 1.44 bits per heavy atom. The Labute approximate surface area is 107 Å². The number of aryl methyl sites for hydroxylation is 2. The van der Waals surface area contributed by atoms with Crippen LogP contribution in [0.1, 0.15) is 36.1 Å². The standard InChI is InChI=1S/C14H19N3O/c1-3-5-10-6-4-7-11(8-10)13(18)12-9-16-17(2)14(12)15/h4,6-9,13,18H,3,5,15H2,1-2H3. The number of aliphatic hydroxyl groups excluding tert-OH is 1. The molecule has 0 fully saturated rings. The molecule has 0 aliphatic heterocycles. The van der Waals surface area contributed by atoms with Crippen LogP contribution in [0.4, 0.5) is 5.82 Å². The molecule has 0 amide bonds. The number of hydrogen-bond acceptors (Lipinski definition) is 3. The zero-order valence-corrected chi connectivity index (χ0v) is 10.8. The summed E-state index contributed by atoms with van der Waals surface area (Å²) in [7, 11) is 1.76. The number of aromatic nitrogens is 2. The molecule has 0 radical (unpaired) electrons. The lowest BCUT2D eigenvalue weighted by Crippen LogP contribution is -2.05. The molecule has 18 heavy (non-hydrogen) atoms. The van der Waals surface area contributed by atoms with Crippen LogP contribution in [0.2, 0.25) is 0 Å². The fourth-order valence-electron chi connectivity index (χ4n) is 2.06. The zero-order valence-electron chi connectivity index (χ0n) is 10.8. The van der Waals surface area contributed by atoms with Gasteiger partial charge in [0.2, 0.25) is 0 Å². The van der Waals surface area contributed by atoms with E-state index >= 15 is 0 Å². The van der Waals surface area contributed by atoms with Gasteiger partial charge < -0.3 is 10.8 Å². The van der Waals surface area contributed by atoms with E-state index < -0.39 is 6.10 Å². The van der Waals surface area contributed by atoms with Crippen molar-refractivity contribution in [2.75, 3.05) is 5.73 Å². The number of rotatable bonds is 4. The molecule has 2 rings (SSSR count). The molecule has 0 spiro atoms. The Hall–Kier alpha value is -1.81. The second-order valence-electron chi connectivity index (χ2n) is 4.51. The third-order valence-corrected chi connectivity index (χ3v) is 3.11. The van der Waals surface area contributed by atoms with E-state index in [9.17, 15) is 5.11 Å². The summed E-state index contributed by atoms with van der Waals surface area (Å²) in [4.78, 5) is 0. The molecule has 1 heterocycles. The maximum Gasteiger partial charge on any atom is 0.127 e. The maximum absolute atomic E-state index is 10.3. The highest BCUT2D eigenvalue weighted by atomic mass is 16.3. The second kappa shape index (κ2) is 5.23. The summed E-state index contributed by atoms with van der Waals surface area (Å²) < 4.78 is 1.56. The molecule has 4 nitrogen and oxygen atoms in total. The van der Waals surface area contributed by atoms with Crippen LogP contribution in [0.3, 0.4) is 0 Å². The Morgan fingerprint density at radius 3 is 2.83 bits per heavy atom. The first-order chi connectivity index (χ1) is 8.63. The third-order valence-electron chi connectivity index (χ3n) is 3.11. The average Bonchev–Trinajstić information content (AvgIpc) is 2.70. The van der Waals surface area contributed by atoms with Gasteiger partial charge in [-0.15, -0.1) is 0 Å². The average molecular weight is 245 g/mol. The summed E-state index contributed by atoms with van der Waals surface area (Å²) in [6.45, 7) is 2.14. The van der Waals surface area contributed by atoms with Crippen LogP contribution in [0, 0.1) is 0 Å². The van der Waals surface area contributed by atoms with Gasteiger partial charge in [0.05, 0.1) is 6.20 Å². The summed E-state index contributed by atoms with van der Waals surface area (Å²) in [5, 5.41) is 14.4. The van der Waals surface area contributed by atoms with Gasteiger partial charge in [-0.25, -0.2) is 0 Å². The number of nitrogens with zero attached hydrogens (tertiary/aromatic N) is 2. The lowest BCUT2D eigenvalue weighted by molar-refractivity contribution is 0.221. The Morgan fingerprint density at radius 2 is 2.22 bits per heavy atom. The highest BCUT2D eigenvalue weighted by Gasteiger charge is 2.16. The molecular formula is C14H19N3O. The van der Waals surface area contributed by atoms with E-state index in [0.717, 1.165) is 18.4 Å². The minimum atomic E-state index is -0.712. The number of anilines is 1. The first-order valence-electron chi connectivity index (χ1n) is 6.17. The molecule has 3 N–H and O–H groups in total. The highest BCUT2D eigenvalue weighted by Crippen LogP contribution is 2.26. The number of nitrogen functional groups attached to an aromatic ring is 1. The first-order valence-corrected chi connectivity index (χ1v) is 6.17. The first kappa shape index (κ1) is 12.6. The van der Waals surface area contributed by atoms with Crippen molar-refractivity contribution in [3.8, 4) is 0 Å². The molecule has 1 aromatic heterocycles. The fraction of sp³-hybridized carbons (Fsp3) is 0.357. The van der Waals surface area contributed by atoms with Crippen molar-refractivity contribution in [2.45, 2.75) is 25.9 Å².